The van der Waals surface area contributed by atoms with Crippen LogP contribution in [0.2, 0.25) is 0 Å². The zero-order valence-electron chi connectivity index (χ0n) is 15.6. The second kappa shape index (κ2) is 9.38. The molecule has 3 nitrogen and oxygen atoms in total. The minimum atomic E-state index is -0.389. The number of hydrogen-bond acceptors (Lipinski definition) is 3. The Morgan fingerprint density at radius 3 is 2.24 bits per heavy atom. The van der Waals surface area contributed by atoms with Crippen molar-refractivity contribution in [3.63, 3.8) is 0 Å². The van der Waals surface area contributed by atoms with Gasteiger partial charge in [-0.1, -0.05) is 55.8 Å². The molecule has 0 radical (unpaired) electrons. The van der Waals surface area contributed by atoms with E-state index in [1.807, 2.05) is 50.2 Å². The minimum Gasteiger partial charge on any atom is -0.465 e. The van der Waals surface area contributed by atoms with E-state index in [0.29, 0.717) is 18.9 Å². The van der Waals surface area contributed by atoms with E-state index in [4.69, 9.17) is 9.47 Å². The monoisotopic (exact) mass is 340 g/mol. The van der Waals surface area contributed by atoms with Crippen molar-refractivity contribution in [1.29, 1.82) is 0 Å². The topological polar surface area (TPSA) is 35.5 Å². The zero-order valence-corrected chi connectivity index (χ0v) is 15.6. The second-order valence-electron chi connectivity index (χ2n) is 6.47. The summed E-state index contributed by atoms with van der Waals surface area (Å²) < 4.78 is 11.4. The number of ketones is 1. The molecule has 0 amide bonds. The Bertz CT molecular complexity index is 659. The maximum atomic E-state index is 12.1. The van der Waals surface area contributed by atoms with E-state index >= 15 is 0 Å². The van der Waals surface area contributed by atoms with Crippen LogP contribution in [0.4, 0.5) is 0 Å². The molecule has 2 unspecified atom stereocenters. The maximum absolute atomic E-state index is 12.1. The summed E-state index contributed by atoms with van der Waals surface area (Å²) in [4.78, 5) is 12.1. The third kappa shape index (κ3) is 6.02. The molecule has 0 aromatic heterocycles. The minimum absolute atomic E-state index is 0.0881. The quantitative estimate of drug-likeness (QED) is 0.445. The summed E-state index contributed by atoms with van der Waals surface area (Å²) >= 11 is 0. The number of rotatable bonds is 9. The molecule has 134 valence electrons. The lowest BCUT2D eigenvalue weighted by Crippen LogP contribution is -2.18. The van der Waals surface area contributed by atoms with Gasteiger partial charge in [0.25, 0.3) is 0 Å². The van der Waals surface area contributed by atoms with Crippen molar-refractivity contribution in [2.75, 3.05) is 6.61 Å². The Morgan fingerprint density at radius 2 is 1.64 bits per heavy atom. The van der Waals surface area contributed by atoms with Gasteiger partial charge in [-0.3, -0.25) is 4.79 Å². The van der Waals surface area contributed by atoms with Gasteiger partial charge in [0.2, 0.25) is 0 Å². The predicted octanol–water partition coefficient (Wildman–Crippen LogP) is 5.52. The van der Waals surface area contributed by atoms with Crippen molar-refractivity contribution in [2.24, 2.45) is 0 Å². The first-order valence-electron chi connectivity index (χ1n) is 8.97. The van der Waals surface area contributed by atoms with E-state index in [1.54, 1.807) is 0 Å². The average Bonchev–Trinajstić information content (AvgIpc) is 2.62. The summed E-state index contributed by atoms with van der Waals surface area (Å²) in [5.41, 5.74) is 3.18. The lowest BCUT2D eigenvalue weighted by atomic mass is 9.99. The van der Waals surface area contributed by atoms with E-state index in [1.165, 1.54) is 5.56 Å². The number of benzene rings is 2. The van der Waals surface area contributed by atoms with Crippen LogP contribution in [-0.4, -0.2) is 18.7 Å². The lowest BCUT2D eigenvalue weighted by molar-refractivity contribution is -0.0653. The summed E-state index contributed by atoms with van der Waals surface area (Å²) in [5.74, 6) is 1.42. The molecular weight excluding hydrogens is 312 g/mol. The third-order valence-electron chi connectivity index (χ3n) is 4.42. The third-order valence-corrected chi connectivity index (χ3v) is 4.42. The number of hydrogen-bond donors (Lipinski definition) is 0. The van der Waals surface area contributed by atoms with Crippen molar-refractivity contribution in [3.8, 4) is 5.75 Å². The van der Waals surface area contributed by atoms with Crippen molar-refractivity contribution < 1.29 is 14.3 Å². The molecule has 25 heavy (non-hydrogen) atoms. The smallest absolute Gasteiger partial charge is 0.196 e. The highest BCUT2D eigenvalue weighted by molar-refractivity contribution is 5.96. The molecule has 0 saturated carbocycles. The van der Waals surface area contributed by atoms with Gasteiger partial charge in [-0.25, -0.2) is 0 Å². The molecule has 0 fully saturated rings. The summed E-state index contributed by atoms with van der Waals surface area (Å²) in [5, 5.41) is 0. The molecule has 0 bridgehead atoms. The highest BCUT2D eigenvalue weighted by Crippen LogP contribution is 2.22. The first kappa shape index (κ1) is 19.2. The van der Waals surface area contributed by atoms with Crippen LogP contribution in [0.1, 0.15) is 61.0 Å². The van der Waals surface area contributed by atoms with Crippen molar-refractivity contribution in [2.45, 2.75) is 52.7 Å². The fourth-order valence-electron chi connectivity index (χ4n) is 2.54. The summed E-state index contributed by atoms with van der Waals surface area (Å²) in [6.07, 6.45) is 1.08. The van der Waals surface area contributed by atoms with Crippen molar-refractivity contribution in [3.05, 3.63) is 65.2 Å². The molecule has 2 aromatic carbocycles. The average molecular weight is 340 g/mol. The summed E-state index contributed by atoms with van der Waals surface area (Å²) in [7, 11) is 0. The van der Waals surface area contributed by atoms with Crippen LogP contribution in [0.25, 0.3) is 0 Å². The van der Waals surface area contributed by atoms with Gasteiger partial charge in [-0.15, -0.1) is 0 Å². The van der Waals surface area contributed by atoms with Crippen LogP contribution in [-0.2, 0) is 4.74 Å². The largest absolute Gasteiger partial charge is 0.465 e. The molecule has 0 heterocycles. The molecule has 2 aromatic rings. The van der Waals surface area contributed by atoms with Crippen LogP contribution in [0.3, 0.4) is 0 Å². The van der Waals surface area contributed by atoms with Gasteiger partial charge in [0.1, 0.15) is 5.75 Å². The molecule has 0 aliphatic rings. The molecule has 2 atom stereocenters. The Morgan fingerprint density at radius 1 is 1.00 bits per heavy atom. The fraction of sp³-hybridized carbons (Fsp3) is 0.409. The van der Waals surface area contributed by atoms with Gasteiger partial charge in [-0.05, 0) is 43.9 Å². The number of carbonyl (C=O) groups is 1. The van der Waals surface area contributed by atoms with Gasteiger partial charge >= 0.3 is 0 Å². The van der Waals surface area contributed by atoms with Gasteiger partial charge in [0.15, 0.2) is 12.1 Å². The predicted molar refractivity (Wildman–Crippen MR) is 101 cm³/mol. The molecule has 0 spiro atoms. The maximum Gasteiger partial charge on any atom is 0.196 e. The fourth-order valence-corrected chi connectivity index (χ4v) is 2.54. The van der Waals surface area contributed by atoms with Crippen molar-refractivity contribution in [1.82, 2.24) is 0 Å². The van der Waals surface area contributed by atoms with Crippen LogP contribution in [0.15, 0.2) is 48.5 Å². The first-order valence-corrected chi connectivity index (χ1v) is 8.97. The van der Waals surface area contributed by atoms with Crippen LogP contribution >= 0.6 is 0 Å². The number of ether oxygens (including phenoxy) is 2. The number of Topliss-reactive ketones (excluding diaryl/α,β-unsaturated/α-hetero) is 1. The van der Waals surface area contributed by atoms with E-state index in [0.717, 1.165) is 23.3 Å². The summed E-state index contributed by atoms with van der Waals surface area (Å²) in [6, 6.07) is 15.7. The molecular formula is C22H28O3. The van der Waals surface area contributed by atoms with Crippen LogP contribution < -0.4 is 4.74 Å². The van der Waals surface area contributed by atoms with Crippen molar-refractivity contribution >= 4 is 5.78 Å². The first-order chi connectivity index (χ1) is 12.0. The number of aryl methyl sites for hydroxylation is 1. The van der Waals surface area contributed by atoms with E-state index in [2.05, 4.69) is 26.0 Å². The molecule has 0 aliphatic heterocycles. The van der Waals surface area contributed by atoms with Crippen LogP contribution in [0, 0.1) is 6.92 Å². The molecule has 2 rings (SSSR count). The second-order valence-corrected chi connectivity index (χ2v) is 6.47. The highest BCUT2D eigenvalue weighted by atomic mass is 16.7. The van der Waals surface area contributed by atoms with Gasteiger partial charge in [-0.2, -0.15) is 0 Å². The van der Waals surface area contributed by atoms with E-state index < -0.39 is 0 Å². The highest BCUT2D eigenvalue weighted by Gasteiger charge is 2.09. The van der Waals surface area contributed by atoms with Crippen LogP contribution in [0.5, 0.6) is 5.75 Å². The van der Waals surface area contributed by atoms with Gasteiger partial charge in [0, 0.05) is 12.0 Å². The summed E-state index contributed by atoms with van der Waals surface area (Å²) in [6.45, 7) is 8.60. The normalized spacial score (nSPS) is 13.3. The molecule has 0 N–H and O–H groups in total. The molecule has 0 saturated heterocycles. The molecule has 0 aliphatic carbocycles. The Labute approximate surface area is 151 Å². The zero-order chi connectivity index (χ0) is 18.2. The Balaban J connectivity index is 1.75. The van der Waals surface area contributed by atoms with Gasteiger partial charge in [0.05, 0.1) is 6.61 Å². The molecule has 3 heteroatoms. The van der Waals surface area contributed by atoms with E-state index in [-0.39, 0.29) is 12.1 Å². The SMILES string of the molecule is CCC(C)c1ccc(OC(C)OCCC(=O)c2ccc(C)cc2)cc1. The number of carbonyl (C=O) groups excluding carboxylic acids is 1. The lowest BCUT2D eigenvalue weighted by Gasteiger charge is -2.16. The standard InChI is InChI=1S/C22H28O3/c1-5-17(3)19-10-12-21(13-11-19)25-18(4)24-15-14-22(23)20-8-6-16(2)7-9-20/h6-13,17-18H,5,14-15H2,1-4H3. The van der Waals surface area contributed by atoms with Gasteiger partial charge < -0.3 is 9.47 Å². The van der Waals surface area contributed by atoms with E-state index in [9.17, 15) is 4.79 Å². The Kier molecular flexibility index (Phi) is 7.20. The Hall–Kier alpha value is -2.13.